The average Bonchev–Trinajstić information content (AvgIpc) is 2.28. The molecule has 0 aliphatic rings. The summed E-state index contributed by atoms with van der Waals surface area (Å²) in [5.74, 6) is 0.883. The summed E-state index contributed by atoms with van der Waals surface area (Å²) in [7, 11) is 1.64. The van der Waals surface area contributed by atoms with Gasteiger partial charge >= 0.3 is 0 Å². The van der Waals surface area contributed by atoms with Gasteiger partial charge in [0.05, 0.1) is 12.6 Å². The average molecular weight is 223 g/mol. The Kier molecular flexibility index (Phi) is 5.29. The fraction of sp³-hybridized carbons (Fsp3) is 0.538. The Morgan fingerprint density at radius 1 is 1.31 bits per heavy atom. The Morgan fingerprint density at radius 2 is 2.06 bits per heavy atom. The minimum absolute atomic E-state index is 0.0728. The van der Waals surface area contributed by atoms with Crippen molar-refractivity contribution < 1.29 is 9.47 Å². The maximum atomic E-state index is 5.78. The third-order valence-corrected chi connectivity index (χ3v) is 2.55. The molecule has 0 saturated heterocycles. The van der Waals surface area contributed by atoms with Crippen molar-refractivity contribution in [2.45, 2.75) is 26.3 Å². The zero-order chi connectivity index (χ0) is 12.0. The normalized spacial score (nSPS) is 12.5. The molecular formula is C13H21NO2. The molecule has 1 atom stereocenters. The van der Waals surface area contributed by atoms with Gasteiger partial charge in [0.2, 0.25) is 0 Å². The first kappa shape index (κ1) is 13.0. The van der Waals surface area contributed by atoms with Crippen molar-refractivity contribution in [3.8, 4) is 5.75 Å². The van der Waals surface area contributed by atoms with Crippen LogP contribution < -0.4 is 10.5 Å². The Morgan fingerprint density at radius 3 is 2.69 bits per heavy atom. The summed E-state index contributed by atoms with van der Waals surface area (Å²) in [6, 6.07) is 6.06. The molecule has 1 rings (SSSR count). The minimum atomic E-state index is -0.0728. The van der Waals surface area contributed by atoms with Crippen LogP contribution in [0.1, 0.15) is 18.1 Å². The summed E-state index contributed by atoms with van der Waals surface area (Å²) in [6.45, 7) is 5.26. The monoisotopic (exact) mass is 223 g/mol. The lowest BCUT2D eigenvalue weighted by molar-refractivity contribution is 0.152. The molecule has 0 amide bonds. The molecular weight excluding hydrogens is 202 g/mol. The second-order valence-corrected chi connectivity index (χ2v) is 3.97. The number of aryl methyl sites for hydroxylation is 2. The van der Waals surface area contributed by atoms with Crippen LogP contribution in [0.15, 0.2) is 18.2 Å². The lowest BCUT2D eigenvalue weighted by atomic mass is 10.1. The Hall–Kier alpha value is -1.06. The SMILES string of the molecule is CCc1cc(OCC(N)COC)ccc1C. The van der Waals surface area contributed by atoms with E-state index in [0.717, 1.165) is 12.2 Å². The van der Waals surface area contributed by atoms with Gasteiger partial charge in [-0.05, 0) is 36.6 Å². The zero-order valence-electron chi connectivity index (χ0n) is 10.3. The van der Waals surface area contributed by atoms with Gasteiger partial charge in [-0.15, -0.1) is 0 Å². The van der Waals surface area contributed by atoms with Crippen LogP contribution in [-0.4, -0.2) is 26.4 Å². The van der Waals surface area contributed by atoms with Crippen molar-refractivity contribution in [1.82, 2.24) is 0 Å². The number of rotatable bonds is 6. The molecule has 0 bridgehead atoms. The molecule has 3 heteroatoms. The predicted octanol–water partition coefficient (Wildman–Crippen LogP) is 1.91. The van der Waals surface area contributed by atoms with E-state index in [0.29, 0.717) is 13.2 Å². The molecule has 0 fully saturated rings. The molecule has 0 heterocycles. The van der Waals surface area contributed by atoms with Crippen molar-refractivity contribution in [2.24, 2.45) is 5.73 Å². The first-order chi connectivity index (χ1) is 7.67. The van der Waals surface area contributed by atoms with E-state index in [1.54, 1.807) is 7.11 Å². The lowest BCUT2D eigenvalue weighted by Crippen LogP contribution is -2.32. The number of ether oxygens (including phenoxy) is 2. The van der Waals surface area contributed by atoms with E-state index >= 15 is 0 Å². The molecule has 1 aromatic carbocycles. The highest BCUT2D eigenvalue weighted by Gasteiger charge is 2.04. The third-order valence-electron chi connectivity index (χ3n) is 2.55. The molecule has 2 N–H and O–H groups in total. The van der Waals surface area contributed by atoms with Crippen molar-refractivity contribution >= 4 is 0 Å². The first-order valence-corrected chi connectivity index (χ1v) is 5.64. The molecule has 0 radical (unpaired) electrons. The van der Waals surface area contributed by atoms with Gasteiger partial charge in [-0.3, -0.25) is 0 Å². The topological polar surface area (TPSA) is 44.5 Å². The summed E-state index contributed by atoms with van der Waals surface area (Å²) < 4.78 is 10.6. The predicted molar refractivity (Wildman–Crippen MR) is 65.9 cm³/mol. The number of hydrogen-bond donors (Lipinski definition) is 1. The summed E-state index contributed by atoms with van der Waals surface area (Å²) in [5.41, 5.74) is 8.40. The highest BCUT2D eigenvalue weighted by Crippen LogP contribution is 2.17. The van der Waals surface area contributed by atoms with Crippen LogP contribution in [-0.2, 0) is 11.2 Å². The van der Waals surface area contributed by atoms with E-state index in [-0.39, 0.29) is 6.04 Å². The molecule has 3 nitrogen and oxygen atoms in total. The van der Waals surface area contributed by atoms with Gasteiger partial charge in [-0.1, -0.05) is 13.0 Å². The van der Waals surface area contributed by atoms with Crippen molar-refractivity contribution in [2.75, 3.05) is 20.3 Å². The van der Waals surface area contributed by atoms with Gasteiger partial charge in [0.1, 0.15) is 12.4 Å². The Balaban J connectivity index is 2.54. The van der Waals surface area contributed by atoms with Gasteiger partial charge in [0.15, 0.2) is 0 Å². The van der Waals surface area contributed by atoms with Crippen LogP contribution in [0.3, 0.4) is 0 Å². The molecule has 0 aliphatic heterocycles. The van der Waals surface area contributed by atoms with Gasteiger partial charge in [0.25, 0.3) is 0 Å². The van der Waals surface area contributed by atoms with Crippen LogP contribution in [0.2, 0.25) is 0 Å². The van der Waals surface area contributed by atoms with Gasteiger partial charge < -0.3 is 15.2 Å². The molecule has 90 valence electrons. The summed E-state index contributed by atoms with van der Waals surface area (Å²) >= 11 is 0. The highest BCUT2D eigenvalue weighted by atomic mass is 16.5. The van der Waals surface area contributed by atoms with E-state index in [4.69, 9.17) is 15.2 Å². The van der Waals surface area contributed by atoms with Crippen molar-refractivity contribution in [3.63, 3.8) is 0 Å². The Bertz CT molecular complexity index is 326. The number of benzene rings is 1. The summed E-state index contributed by atoms with van der Waals surface area (Å²) in [6.07, 6.45) is 1.02. The van der Waals surface area contributed by atoms with Crippen LogP contribution in [0, 0.1) is 6.92 Å². The molecule has 1 unspecified atom stereocenters. The van der Waals surface area contributed by atoms with Crippen LogP contribution in [0.5, 0.6) is 5.75 Å². The largest absolute Gasteiger partial charge is 0.492 e. The van der Waals surface area contributed by atoms with E-state index in [9.17, 15) is 0 Å². The van der Waals surface area contributed by atoms with Crippen LogP contribution >= 0.6 is 0 Å². The van der Waals surface area contributed by atoms with E-state index in [1.807, 2.05) is 6.07 Å². The van der Waals surface area contributed by atoms with Crippen LogP contribution in [0.4, 0.5) is 0 Å². The molecule has 16 heavy (non-hydrogen) atoms. The maximum absolute atomic E-state index is 5.78. The maximum Gasteiger partial charge on any atom is 0.119 e. The fourth-order valence-corrected chi connectivity index (χ4v) is 1.58. The van der Waals surface area contributed by atoms with Crippen LogP contribution in [0.25, 0.3) is 0 Å². The molecule has 0 spiro atoms. The van der Waals surface area contributed by atoms with Gasteiger partial charge in [-0.2, -0.15) is 0 Å². The fourth-order valence-electron chi connectivity index (χ4n) is 1.58. The second-order valence-electron chi connectivity index (χ2n) is 3.97. The smallest absolute Gasteiger partial charge is 0.119 e. The van der Waals surface area contributed by atoms with Crippen molar-refractivity contribution in [3.05, 3.63) is 29.3 Å². The third kappa shape index (κ3) is 3.83. The van der Waals surface area contributed by atoms with Gasteiger partial charge in [-0.25, -0.2) is 0 Å². The molecule has 0 saturated carbocycles. The number of hydrogen-bond acceptors (Lipinski definition) is 3. The molecule has 0 aliphatic carbocycles. The molecule has 1 aromatic rings. The molecule has 0 aromatic heterocycles. The number of nitrogens with two attached hydrogens (primary N) is 1. The lowest BCUT2D eigenvalue weighted by Gasteiger charge is -2.13. The zero-order valence-corrected chi connectivity index (χ0v) is 10.3. The van der Waals surface area contributed by atoms with E-state index in [2.05, 4.69) is 26.0 Å². The quantitative estimate of drug-likeness (QED) is 0.801. The minimum Gasteiger partial charge on any atom is -0.492 e. The second kappa shape index (κ2) is 6.51. The standard InChI is InChI=1S/C13H21NO2/c1-4-11-7-13(6-5-10(11)2)16-9-12(14)8-15-3/h5-7,12H,4,8-9,14H2,1-3H3. The van der Waals surface area contributed by atoms with Gasteiger partial charge in [0, 0.05) is 7.11 Å². The van der Waals surface area contributed by atoms with Crippen molar-refractivity contribution in [1.29, 1.82) is 0 Å². The summed E-state index contributed by atoms with van der Waals surface area (Å²) in [4.78, 5) is 0. The summed E-state index contributed by atoms with van der Waals surface area (Å²) in [5, 5.41) is 0. The first-order valence-electron chi connectivity index (χ1n) is 5.64. The van der Waals surface area contributed by atoms with E-state index in [1.165, 1.54) is 11.1 Å². The Labute approximate surface area is 97.6 Å². The van der Waals surface area contributed by atoms with E-state index < -0.39 is 0 Å². The highest BCUT2D eigenvalue weighted by molar-refractivity contribution is 5.34. The number of methoxy groups -OCH3 is 1.